The third-order valence-corrected chi connectivity index (χ3v) is 4.10. The third-order valence-electron chi connectivity index (χ3n) is 3.32. The maximum atomic E-state index is 5.75. The molecule has 0 unspecified atom stereocenters. The Morgan fingerprint density at radius 2 is 1.90 bits per heavy atom. The summed E-state index contributed by atoms with van der Waals surface area (Å²) < 4.78 is 6.65. The molecule has 2 aromatic rings. The smallest absolute Gasteiger partial charge is 0.323 e. The number of ether oxygens (including phenoxy) is 1. The molecule has 1 aliphatic heterocycles. The number of nitrogen functional groups attached to an aromatic ring is 1. The zero-order valence-corrected chi connectivity index (χ0v) is 13.1. The summed E-state index contributed by atoms with van der Waals surface area (Å²) in [6, 6.07) is 8.13. The molecule has 21 heavy (non-hydrogen) atoms. The Bertz CT molecular complexity index is 631. The molecule has 2 N–H and O–H groups in total. The molecular formula is C14H16BrN5O. The highest BCUT2D eigenvalue weighted by Crippen LogP contribution is 2.20. The monoisotopic (exact) mass is 349 g/mol. The van der Waals surface area contributed by atoms with Crippen LogP contribution < -0.4 is 15.4 Å². The summed E-state index contributed by atoms with van der Waals surface area (Å²) in [5.74, 6) is 0.788. The Hall–Kier alpha value is -1.89. The van der Waals surface area contributed by atoms with Gasteiger partial charge in [0.05, 0.1) is 0 Å². The van der Waals surface area contributed by atoms with Gasteiger partial charge in [-0.2, -0.15) is 15.0 Å². The number of benzene rings is 1. The van der Waals surface area contributed by atoms with E-state index in [-0.39, 0.29) is 12.0 Å². The summed E-state index contributed by atoms with van der Waals surface area (Å²) in [5.41, 5.74) is 6.77. The fraction of sp³-hybridized carbons (Fsp3) is 0.357. The van der Waals surface area contributed by atoms with Crippen LogP contribution in [0.5, 0.6) is 6.01 Å². The van der Waals surface area contributed by atoms with Gasteiger partial charge in [0, 0.05) is 23.1 Å². The second-order valence-electron chi connectivity index (χ2n) is 4.85. The maximum absolute atomic E-state index is 5.75. The van der Waals surface area contributed by atoms with Gasteiger partial charge >= 0.3 is 6.01 Å². The van der Waals surface area contributed by atoms with Gasteiger partial charge in [-0.05, 0) is 18.9 Å². The molecule has 0 radical (unpaired) electrons. The number of nitrogens with zero attached hydrogens (tertiary/aromatic N) is 4. The van der Waals surface area contributed by atoms with Crippen molar-refractivity contribution >= 4 is 27.8 Å². The van der Waals surface area contributed by atoms with Crippen LogP contribution in [0.25, 0.3) is 0 Å². The highest BCUT2D eigenvalue weighted by molar-refractivity contribution is 9.10. The van der Waals surface area contributed by atoms with Crippen molar-refractivity contribution < 1.29 is 4.74 Å². The van der Waals surface area contributed by atoms with E-state index in [2.05, 4.69) is 35.8 Å². The third kappa shape index (κ3) is 3.41. The van der Waals surface area contributed by atoms with E-state index in [0.29, 0.717) is 12.6 Å². The normalized spacial score (nSPS) is 14.4. The minimum absolute atomic E-state index is 0.189. The lowest BCUT2D eigenvalue weighted by molar-refractivity contribution is 0.280. The second kappa shape index (κ2) is 6.26. The van der Waals surface area contributed by atoms with Gasteiger partial charge in [-0.3, -0.25) is 0 Å². The van der Waals surface area contributed by atoms with Crippen LogP contribution in [0.2, 0.25) is 0 Å². The number of nitrogens with two attached hydrogens (primary N) is 1. The van der Waals surface area contributed by atoms with Crippen LogP contribution in [0.15, 0.2) is 28.7 Å². The number of hydrogen-bond donors (Lipinski definition) is 1. The first kappa shape index (κ1) is 14.1. The second-order valence-corrected chi connectivity index (χ2v) is 5.70. The van der Waals surface area contributed by atoms with Crippen molar-refractivity contribution in [1.29, 1.82) is 0 Å². The van der Waals surface area contributed by atoms with Gasteiger partial charge in [0.15, 0.2) is 0 Å². The van der Waals surface area contributed by atoms with Crippen LogP contribution in [-0.2, 0) is 6.61 Å². The molecule has 2 heterocycles. The molecule has 1 fully saturated rings. The van der Waals surface area contributed by atoms with Crippen molar-refractivity contribution in [2.24, 2.45) is 0 Å². The van der Waals surface area contributed by atoms with Crippen molar-refractivity contribution in [3.63, 3.8) is 0 Å². The van der Waals surface area contributed by atoms with Crippen molar-refractivity contribution in [3.8, 4) is 6.01 Å². The Balaban J connectivity index is 1.74. The van der Waals surface area contributed by atoms with Gasteiger partial charge in [0.25, 0.3) is 0 Å². The first-order chi connectivity index (χ1) is 10.2. The van der Waals surface area contributed by atoms with Crippen LogP contribution >= 0.6 is 15.9 Å². The van der Waals surface area contributed by atoms with Crippen molar-refractivity contribution in [1.82, 2.24) is 15.0 Å². The van der Waals surface area contributed by atoms with E-state index in [1.165, 1.54) is 0 Å². The molecule has 3 rings (SSSR count). The van der Waals surface area contributed by atoms with E-state index < -0.39 is 0 Å². The highest BCUT2D eigenvalue weighted by Gasteiger charge is 2.17. The number of anilines is 2. The predicted molar refractivity (Wildman–Crippen MR) is 84.2 cm³/mol. The van der Waals surface area contributed by atoms with Crippen LogP contribution in [-0.4, -0.2) is 28.0 Å². The minimum atomic E-state index is 0.189. The minimum Gasteiger partial charge on any atom is -0.458 e. The summed E-state index contributed by atoms with van der Waals surface area (Å²) in [6.45, 7) is 2.28. The Morgan fingerprint density at radius 1 is 1.14 bits per heavy atom. The topological polar surface area (TPSA) is 77.2 Å². The SMILES string of the molecule is Nc1nc(OCc2ccccc2Br)nc(N2CCCC2)n1. The standard InChI is InChI=1S/C14H16BrN5O/c15-11-6-2-1-5-10(11)9-21-14-18-12(16)17-13(19-14)20-7-3-4-8-20/h1-2,5-6H,3-4,7-9H2,(H2,16,17,18,19). The molecule has 0 saturated carbocycles. The Kier molecular flexibility index (Phi) is 4.19. The van der Waals surface area contributed by atoms with Crippen LogP contribution in [0, 0.1) is 0 Å². The zero-order valence-electron chi connectivity index (χ0n) is 11.5. The lowest BCUT2D eigenvalue weighted by Gasteiger charge is -2.15. The van der Waals surface area contributed by atoms with Gasteiger partial charge in [0.2, 0.25) is 11.9 Å². The van der Waals surface area contributed by atoms with Gasteiger partial charge in [0.1, 0.15) is 6.61 Å². The van der Waals surface area contributed by atoms with Gasteiger partial charge in [-0.25, -0.2) is 0 Å². The molecule has 1 aliphatic rings. The van der Waals surface area contributed by atoms with Gasteiger partial charge in [-0.1, -0.05) is 34.1 Å². The van der Waals surface area contributed by atoms with E-state index in [4.69, 9.17) is 10.5 Å². The first-order valence-corrected chi connectivity index (χ1v) is 7.64. The number of aromatic nitrogens is 3. The highest BCUT2D eigenvalue weighted by atomic mass is 79.9. The van der Waals surface area contributed by atoms with E-state index in [9.17, 15) is 0 Å². The fourth-order valence-corrected chi connectivity index (χ4v) is 2.64. The summed E-state index contributed by atoms with van der Waals surface area (Å²) in [4.78, 5) is 14.7. The van der Waals surface area contributed by atoms with E-state index in [1.807, 2.05) is 24.3 Å². The van der Waals surface area contributed by atoms with Gasteiger partial charge < -0.3 is 15.4 Å². The first-order valence-electron chi connectivity index (χ1n) is 6.85. The van der Waals surface area contributed by atoms with Crippen LogP contribution in [0.1, 0.15) is 18.4 Å². The summed E-state index contributed by atoms with van der Waals surface area (Å²) in [5, 5.41) is 0. The summed E-state index contributed by atoms with van der Waals surface area (Å²) in [7, 11) is 0. The molecule has 6 nitrogen and oxygen atoms in total. The van der Waals surface area contributed by atoms with Crippen LogP contribution in [0.4, 0.5) is 11.9 Å². The fourth-order valence-electron chi connectivity index (χ4n) is 2.24. The zero-order chi connectivity index (χ0) is 14.7. The van der Waals surface area contributed by atoms with Crippen molar-refractivity contribution in [2.75, 3.05) is 23.7 Å². The maximum Gasteiger partial charge on any atom is 0.323 e. The number of rotatable bonds is 4. The van der Waals surface area contributed by atoms with Crippen molar-refractivity contribution in [2.45, 2.75) is 19.4 Å². The molecule has 0 spiro atoms. The van der Waals surface area contributed by atoms with E-state index in [0.717, 1.165) is 36.0 Å². The molecule has 0 bridgehead atoms. The number of hydrogen-bond acceptors (Lipinski definition) is 6. The average Bonchev–Trinajstić information content (AvgIpc) is 3.00. The molecule has 7 heteroatoms. The van der Waals surface area contributed by atoms with Crippen LogP contribution in [0.3, 0.4) is 0 Å². The largest absolute Gasteiger partial charge is 0.458 e. The van der Waals surface area contributed by atoms with E-state index >= 15 is 0 Å². The van der Waals surface area contributed by atoms with Crippen molar-refractivity contribution in [3.05, 3.63) is 34.3 Å². The predicted octanol–water partition coefficient (Wildman–Crippen LogP) is 2.40. The summed E-state index contributed by atoms with van der Waals surface area (Å²) >= 11 is 3.49. The number of halogens is 1. The lowest BCUT2D eigenvalue weighted by atomic mass is 10.2. The molecule has 1 aromatic heterocycles. The molecule has 110 valence electrons. The molecule has 0 atom stereocenters. The summed E-state index contributed by atoms with van der Waals surface area (Å²) in [6.07, 6.45) is 2.30. The average molecular weight is 350 g/mol. The molecule has 1 saturated heterocycles. The van der Waals surface area contributed by atoms with E-state index in [1.54, 1.807) is 0 Å². The lowest BCUT2D eigenvalue weighted by Crippen LogP contribution is -2.21. The quantitative estimate of drug-likeness (QED) is 0.913. The molecule has 0 aliphatic carbocycles. The molecule has 0 amide bonds. The molecule has 1 aromatic carbocycles. The molecular weight excluding hydrogens is 334 g/mol. The van der Waals surface area contributed by atoms with Gasteiger partial charge in [-0.15, -0.1) is 0 Å². The Labute approximate surface area is 131 Å². The Morgan fingerprint density at radius 3 is 2.67 bits per heavy atom.